The van der Waals surface area contributed by atoms with Gasteiger partial charge >= 0.3 is 0 Å². The maximum absolute atomic E-state index is 13.2. The second-order valence-corrected chi connectivity index (χ2v) is 5.76. The highest BCUT2D eigenvalue weighted by molar-refractivity contribution is 5.18. The zero-order chi connectivity index (χ0) is 15.6. The fourth-order valence-corrected chi connectivity index (χ4v) is 2.93. The van der Waals surface area contributed by atoms with Gasteiger partial charge in [0.15, 0.2) is 11.6 Å². The lowest BCUT2D eigenvalue weighted by atomic mass is 9.90. The molecule has 0 amide bonds. The van der Waals surface area contributed by atoms with Crippen LogP contribution in [-0.4, -0.2) is 45.1 Å². The number of rotatable bonds is 4. The summed E-state index contributed by atoms with van der Waals surface area (Å²) in [7, 11) is 0. The van der Waals surface area contributed by atoms with Gasteiger partial charge in [0.25, 0.3) is 0 Å². The number of β-amino-alcohol motifs (C(OH)–C–C–N with tert-alkyl or cyclic N) is 1. The van der Waals surface area contributed by atoms with Crippen molar-refractivity contribution in [2.24, 2.45) is 0 Å². The lowest BCUT2D eigenvalue weighted by Gasteiger charge is -2.38. The molecule has 2 heterocycles. The van der Waals surface area contributed by atoms with Gasteiger partial charge in [0.05, 0.1) is 6.20 Å². The molecule has 118 valence electrons. The van der Waals surface area contributed by atoms with Gasteiger partial charge in [0, 0.05) is 13.1 Å². The minimum atomic E-state index is -1.00. The maximum Gasteiger partial charge on any atom is 0.159 e. The summed E-state index contributed by atoms with van der Waals surface area (Å²) in [6.07, 6.45) is 3.63. The monoisotopic (exact) mass is 308 g/mol. The molecule has 1 aliphatic rings. The number of likely N-dealkylation sites (tertiary alicyclic amines) is 1. The number of hydrogen-bond acceptors (Lipinski definition) is 4. The van der Waals surface area contributed by atoms with E-state index in [2.05, 4.69) is 20.3 Å². The number of aromatic amines is 1. The van der Waals surface area contributed by atoms with Crippen molar-refractivity contribution < 1.29 is 13.9 Å². The Morgan fingerprint density at radius 2 is 2.18 bits per heavy atom. The highest BCUT2D eigenvalue weighted by Gasteiger charge is 2.36. The third-order valence-electron chi connectivity index (χ3n) is 4.14. The molecule has 1 unspecified atom stereocenters. The Bertz CT molecular complexity index is 634. The van der Waals surface area contributed by atoms with Gasteiger partial charge in [0.1, 0.15) is 11.3 Å². The van der Waals surface area contributed by atoms with Crippen LogP contribution < -0.4 is 0 Å². The van der Waals surface area contributed by atoms with E-state index in [0.29, 0.717) is 31.6 Å². The van der Waals surface area contributed by atoms with Crippen LogP contribution >= 0.6 is 0 Å². The predicted octanol–water partition coefficient (Wildman–Crippen LogP) is 1.61. The Labute approximate surface area is 127 Å². The fourth-order valence-electron chi connectivity index (χ4n) is 2.93. The fraction of sp³-hybridized carbons (Fsp3) is 0.467. The molecule has 7 heteroatoms. The minimum Gasteiger partial charge on any atom is -0.382 e. The van der Waals surface area contributed by atoms with Crippen LogP contribution in [0.3, 0.4) is 0 Å². The van der Waals surface area contributed by atoms with Crippen LogP contribution in [0.4, 0.5) is 8.78 Å². The predicted molar refractivity (Wildman–Crippen MR) is 76.0 cm³/mol. The van der Waals surface area contributed by atoms with Crippen LogP contribution in [0.2, 0.25) is 0 Å². The smallest absolute Gasteiger partial charge is 0.159 e. The Kier molecular flexibility index (Phi) is 4.17. The number of halogens is 2. The van der Waals surface area contributed by atoms with Gasteiger partial charge < -0.3 is 5.11 Å². The Morgan fingerprint density at radius 1 is 1.32 bits per heavy atom. The number of nitrogens with one attached hydrogen (secondary N) is 1. The molecule has 0 spiro atoms. The van der Waals surface area contributed by atoms with Crippen molar-refractivity contribution in [1.82, 2.24) is 20.3 Å². The molecule has 1 aromatic carbocycles. The molecule has 2 aromatic rings. The lowest BCUT2D eigenvalue weighted by molar-refractivity contribution is -0.0385. The molecule has 1 atom stereocenters. The first kappa shape index (κ1) is 15.1. The maximum atomic E-state index is 13.2. The summed E-state index contributed by atoms with van der Waals surface area (Å²) in [5.41, 5.74) is 0.290. The SMILES string of the molecule is OC1(c2cn[nH]n2)CCCN(CCc2ccc(F)c(F)c2)C1. The highest BCUT2D eigenvalue weighted by Crippen LogP contribution is 2.29. The standard InChI is InChI=1S/C15H18F2N4O/c16-12-3-2-11(8-13(12)17)4-7-21-6-1-5-15(22,10-21)14-9-18-20-19-14/h2-3,8-9,22H,1,4-7,10H2,(H,18,19,20). The van der Waals surface area contributed by atoms with Crippen LogP contribution in [0.5, 0.6) is 0 Å². The van der Waals surface area contributed by atoms with Gasteiger partial charge in [-0.3, -0.25) is 4.90 Å². The molecule has 1 aliphatic heterocycles. The van der Waals surface area contributed by atoms with Crippen LogP contribution in [0, 0.1) is 11.6 Å². The van der Waals surface area contributed by atoms with Gasteiger partial charge in [-0.25, -0.2) is 8.78 Å². The summed E-state index contributed by atoms with van der Waals surface area (Å²) in [4.78, 5) is 2.11. The van der Waals surface area contributed by atoms with Crippen molar-refractivity contribution in [3.63, 3.8) is 0 Å². The molecule has 1 saturated heterocycles. The summed E-state index contributed by atoms with van der Waals surface area (Å²) < 4.78 is 26.1. The summed E-state index contributed by atoms with van der Waals surface area (Å²) in [6, 6.07) is 3.96. The van der Waals surface area contributed by atoms with Gasteiger partial charge in [-0.1, -0.05) is 6.07 Å². The van der Waals surface area contributed by atoms with Crippen molar-refractivity contribution in [2.75, 3.05) is 19.6 Å². The second-order valence-electron chi connectivity index (χ2n) is 5.76. The first-order valence-electron chi connectivity index (χ1n) is 7.32. The quantitative estimate of drug-likeness (QED) is 0.900. The largest absolute Gasteiger partial charge is 0.382 e. The molecule has 5 nitrogen and oxygen atoms in total. The third kappa shape index (κ3) is 3.15. The summed E-state index contributed by atoms with van der Waals surface area (Å²) in [5.74, 6) is -1.66. The van der Waals surface area contributed by atoms with Crippen LogP contribution in [0.1, 0.15) is 24.1 Å². The van der Waals surface area contributed by atoms with Gasteiger partial charge in [-0.2, -0.15) is 15.4 Å². The van der Waals surface area contributed by atoms with E-state index in [1.807, 2.05) is 0 Å². The molecule has 0 bridgehead atoms. The normalized spacial score (nSPS) is 22.9. The van der Waals surface area contributed by atoms with E-state index in [1.54, 1.807) is 12.3 Å². The van der Waals surface area contributed by atoms with E-state index in [4.69, 9.17) is 0 Å². The Balaban J connectivity index is 1.62. The molecular formula is C15H18F2N4O. The first-order valence-corrected chi connectivity index (χ1v) is 7.32. The Hall–Kier alpha value is -1.86. The average Bonchev–Trinajstić information content (AvgIpc) is 3.04. The molecule has 0 radical (unpaired) electrons. The zero-order valence-corrected chi connectivity index (χ0v) is 12.1. The summed E-state index contributed by atoms with van der Waals surface area (Å²) >= 11 is 0. The molecular weight excluding hydrogens is 290 g/mol. The molecule has 22 heavy (non-hydrogen) atoms. The number of piperidine rings is 1. The van der Waals surface area contributed by atoms with Crippen molar-refractivity contribution in [1.29, 1.82) is 0 Å². The van der Waals surface area contributed by atoms with Crippen molar-refractivity contribution in [3.8, 4) is 0 Å². The van der Waals surface area contributed by atoms with Gasteiger partial charge in [0.2, 0.25) is 0 Å². The molecule has 1 aromatic heterocycles. The van der Waals surface area contributed by atoms with Crippen molar-refractivity contribution >= 4 is 0 Å². The number of hydrogen-bond donors (Lipinski definition) is 2. The Morgan fingerprint density at radius 3 is 2.91 bits per heavy atom. The average molecular weight is 308 g/mol. The van der Waals surface area contributed by atoms with Crippen LogP contribution in [0.25, 0.3) is 0 Å². The van der Waals surface area contributed by atoms with Crippen LogP contribution in [0.15, 0.2) is 24.4 Å². The minimum absolute atomic E-state index is 0.462. The topological polar surface area (TPSA) is 65.0 Å². The number of aliphatic hydroxyl groups is 1. The highest BCUT2D eigenvalue weighted by atomic mass is 19.2. The third-order valence-corrected chi connectivity index (χ3v) is 4.14. The van der Waals surface area contributed by atoms with Gasteiger partial charge in [-0.05, 0) is 43.5 Å². The van der Waals surface area contributed by atoms with Crippen LogP contribution in [-0.2, 0) is 12.0 Å². The van der Waals surface area contributed by atoms with Crippen molar-refractivity contribution in [3.05, 3.63) is 47.3 Å². The molecule has 2 N–H and O–H groups in total. The van der Waals surface area contributed by atoms with E-state index in [9.17, 15) is 13.9 Å². The van der Waals surface area contributed by atoms with E-state index in [0.717, 1.165) is 24.6 Å². The number of nitrogens with zero attached hydrogens (tertiary/aromatic N) is 3. The first-order chi connectivity index (χ1) is 10.6. The van der Waals surface area contributed by atoms with E-state index < -0.39 is 17.2 Å². The van der Waals surface area contributed by atoms with Crippen molar-refractivity contribution in [2.45, 2.75) is 24.9 Å². The number of benzene rings is 1. The number of aromatic nitrogens is 3. The summed E-state index contributed by atoms with van der Waals surface area (Å²) in [5, 5.41) is 21.0. The number of H-pyrrole nitrogens is 1. The molecule has 3 rings (SSSR count). The molecule has 0 saturated carbocycles. The van der Waals surface area contributed by atoms with Gasteiger partial charge in [-0.15, -0.1) is 0 Å². The molecule has 0 aliphatic carbocycles. The second kappa shape index (κ2) is 6.10. The summed E-state index contributed by atoms with van der Waals surface area (Å²) in [6.45, 7) is 2.00. The zero-order valence-electron chi connectivity index (χ0n) is 12.1. The van der Waals surface area contributed by atoms with E-state index in [1.165, 1.54) is 6.07 Å². The van der Waals surface area contributed by atoms with E-state index >= 15 is 0 Å². The van der Waals surface area contributed by atoms with E-state index in [-0.39, 0.29) is 0 Å². The lowest BCUT2D eigenvalue weighted by Crippen LogP contribution is -2.46. The molecule has 1 fully saturated rings.